The van der Waals surface area contributed by atoms with Gasteiger partial charge in [0.1, 0.15) is 0 Å². The molecule has 2 heterocycles. The van der Waals surface area contributed by atoms with Crippen molar-refractivity contribution >= 4 is 5.97 Å². The molecule has 1 unspecified atom stereocenters. The van der Waals surface area contributed by atoms with Gasteiger partial charge in [0.2, 0.25) is 0 Å². The molecule has 23 heavy (non-hydrogen) atoms. The zero-order chi connectivity index (χ0) is 15.9. The van der Waals surface area contributed by atoms with Gasteiger partial charge >= 0.3 is 5.97 Å². The van der Waals surface area contributed by atoms with E-state index in [4.69, 9.17) is 9.84 Å². The number of carboxylic acids is 1. The molecule has 0 radical (unpaired) electrons. The highest BCUT2D eigenvalue weighted by molar-refractivity contribution is 5.87. The number of ether oxygens (including phenoxy) is 1. The first-order valence-electron chi connectivity index (χ1n) is 8.57. The van der Waals surface area contributed by atoms with Crippen molar-refractivity contribution < 1.29 is 14.6 Å². The number of hydrogen-bond donors (Lipinski definition) is 2. The van der Waals surface area contributed by atoms with Gasteiger partial charge < -0.3 is 15.2 Å². The van der Waals surface area contributed by atoms with E-state index in [9.17, 15) is 4.79 Å². The zero-order valence-corrected chi connectivity index (χ0v) is 13.3. The van der Waals surface area contributed by atoms with Crippen molar-refractivity contribution in [3.05, 3.63) is 35.4 Å². The molecule has 4 rings (SSSR count). The number of rotatable bonds is 5. The summed E-state index contributed by atoms with van der Waals surface area (Å²) >= 11 is 0. The van der Waals surface area contributed by atoms with Crippen molar-refractivity contribution in [1.82, 2.24) is 10.2 Å². The van der Waals surface area contributed by atoms with Gasteiger partial charge in [-0.05, 0) is 43.4 Å². The second kappa shape index (κ2) is 5.89. The molecular formula is C18H24N2O3. The minimum atomic E-state index is -0.871. The Hall–Kier alpha value is -1.43. The summed E-state index contributed by atoms with van der Waals surface area (Å²) in [6, 6.07) is 8.56. The Morgan fingerprint density at radius 3 is 2.61 bits per heavy atom. The number of hydrogen-bond acceptors (Lipinski definition) is 4. The van der Waals surface area contributed by atoms with Gasteiger partial charge in [0, 0.05) is 38.3 Å². The zero-order valence-electron chi connectivity index (χ0n) is 13.3. The van der Waals surface area contributed by atoms with Crippen LogP contribution in [-0.4, -0.2) is 53.4 Å². The first-order chi connectivity index (χ1) is 11.1. The molecule has 3 fully saturated rings. The molecule has 1 spiro atoms. The molecule has 2 saturated heterocycles. The van der Waals surface area contributed by atoms with E-state index in [1.54, 1.807) is 12.1 Å². The summed E-state index contributed by atoms with van der Waals surface area (Å²) in [6.07, 6.45) is 4.93. The minimum Gasteiger partial charge on any atom is -0.478 e. The van der Waals surface area contributed by atoms with E-state index >= 15 is 0 Å². The fourth-order valence-electron chi connectivity index (χ4n) is 3.87. The van der Waals surface area contributed by atoms with Crippen molar-refractivity contribution in [3.8, 4) is 0 Å². The molecule has 0 aromatic heterocycles. The summed E-state index contributed by atoms with van der Waals surface area (Å²) in [6.45, 7) is 3.70. The molecular weight excluding hydrogens is 292 g/mol. The third-order valence-electron chi connectivity index (χ3n) is 5.17. The first-order valence-corrected chi connectivity index (χ1v) is 8.57. The average Bonchev–Trinajstić information content (AvgIpc) is 3.30. The summed E-state index contributed by atoms with van der Waals surface area (Å²) in [4.78, 5) is 13.3. The Labute approximate surface area is 136 Å². The van der Waals surface area contributed by atoms with Crippen molar-refractivity contribution in [3.63, 3.8) is 0 Å². The molecule has 5 nitrogen and oxygen atoms in total. The molecule has 5 heteroatoms. The van der Waals surface area contributed by atoms with Gasteiger partial charge in [0.15, 0.2) is 0 Å². The minimum absolute atomic E-state index is 0.0474. The lowest BCUT2D eigenvalue weighted by Crippen LogP contribution is -2.66. The fourth-order valence-corrected chi connectivity index (χ4v) is 3.87. The number of carboxylic acid groups (broad SMARTS) is 1. The molecule has 1 aromatic rings. The number of benzene rings is 1. The van der Waals surface area contributed by atoms with E-state index < -0.39 is 5.97 Å². The van der Waals surface area contributed by atoms with Crippen molar-refractivity contribution in [2.24, 2.45) is 0 Å². The number of carbonyl (C=O) groups is 1. The molecule has 3 aliphatic rings. The second-order valence-electron chi connectivity index (χ2n) is 7.31. The third-order valence-corrected chi connectivity index (χ3v) is 5.17. The van der Waals surface area contributed by atoms with Crippen LogP contribution in [0.15, 0.2) is 24.3 Å². The Balaban J connectivity index is 1.29. The molecule has 1 aromatic carbocycles. The van der Waals surface area contributed by atoms with Crippen molar-refractivity contribution in [1.29, 1.82) is 0 Å². The second-order valence-corrected chi connectivity index (χ2v) is 7.31. The normalized spacial score (nSPS) is 26.9. The Morgan fingerprint density at radius 2 is 1.96 bits per heavy atom. The molecule has 0 amide bonds. The maximum atomic E-state index is 10.9. The fraction of sp³-hybridized carbons (Fsp3) is 0.611. The van der Waals surface area contributed by atoms with Crippen LogP contribution in [0.1, 0.15) is 41.6 Å². The van der Waals surface area contributed by atoms with Crippen LogP contribution in [0.4, 0.5) is 0 Å². The molecule has 0 bridgehead atoms. The molecule has 1 aliphatic carbocycles. The lowest BCUT2D eigenvalue weighted by atomic mass is 9.83. The van der Waals surface area contributed by atoms with E-state index in [1.165, 1.54) is 12.8 Å². The van der Waals surface area contributed by atoms with E-state index in [2.05, 4.69) is 10.2 Å². The molecule has 1 saturated carbocycles. The Kier molecular flexibility index (Phi) is 3.87. The van der Waals surface area contributed by atoms with Crippen LogP contribution in [0, 0.1) is 0 Å². The predicted molar refractivity (Wildman–Crippen MR) is 86.5 cm³/mol. The Morgan fingerprint density at radius 1 is 1.22 bits per heavy atom. The van der Waals surface area contributed by atoms with E-state index in [-0.39, 0.29) is 5.60 Å². The van der Waals surface area contributed by atoms with Crippen molar-refractivity contribution in [2.45, 2.75) is 49.9 Å². The monoisotopic (exact) mass is 316 g/mol. The average molecular weight is 316 g/mol. The number of nitrogens with zero attached hydrogens (tertiary/aromatic N) is 1. The SMILES string of the molecule is O=C(O)c1ccc(CN2CC3(CC(NC4CC4)CCO3)C2)cc1. The van der Waals surface area contributed by atoms with Crippen molar-refractivity contribution in [2.75, 3.05) is 19.7 Å². The van der Waals surface area contributed by atoms with Crippen LogP contribution in [0.5, 0.6) is 0 Å². The summed E-state index contributed by atoms with van der Waals surface area (Å²) in [7, 11) is 0. The van der Waals surface area contributed by atoms with Gasteiger partial charge in [-0.25, -0.2) is 4.79 Å². The highest BCUT2D eigenvalue weighted by atomic mass is 16.5. The predicted octanol–water partition coefficient (Wildman–Crippen LogP) is 1.87. The summed E-state index contributed by atoms with van der Waals surface area (Å²) in [5.41, 5.74) is 1.55. The van der Waals surface area contributed by atoms with Crippen LogP contribution in [-0.2, 0) is 11.3 Å². The number of aromatic carboxylic acids is 1. The topological polar surface area (TPSA) is 61.8 Å². The first kappa shape index (κ1) is 15.1. The number of nitrogens with one attached hydrogen (secondary N) is 1. The van der Waals surface area contributed by atoms with Gasteiger partial charge in [-0.3, -0.25) is 4.90 Å². The molecule has 124 valence electrons. The summed E-state index contributed by atoms with van der Waals surface area (Å²) in [5.74, 6) is -0.871. The van der Waals surface area contributed by atoms with Gasteiger partial charge in [0.05, 0.1) is 11.2 Å². The standard InChI is InChI=1S/C18H24N2O3/c21-17(22)14-3-1-13(2-4-14)10-20-11-18(12-20)9-16(7-8-23-18)19-15-5-6-15/h1-4,15-16,19H,5-12H2,(H,21,22). The summed E-state index contributed by atoms with van der Waals surface area (Å²) < 4.78 is 6.09. The largest absolute Gasteiger partial charge is 0.478 e. The number of likely N-dealkylation sites (tertiary alicyclic amines) is 1. The van der Waals surface area contributed by atoms with Gasteiger partial charge in [-0.1, -0.05) is 12.1 Å². The summed E-state index contributed by atoms with van der Waals surface area (Å²) in [5, 5.41) is 12.7. The maximum Gasteiger partial charge on any atom is 0.335 e. The van der Waals surface area contributed by atoms with E-state index in [1.807, 2.05) is 12.1 Å². The lowest BCUT2D eigenvalue weighted by Gasteiger charge is -2.53. The molecule has 2 N–H and O–H groups in total. The highest BCUT2D eigenvalue weighted by Gasteiger charge is 2.47. The highest BCUT2D eigenvalue weighted by Crippen LogP contribution is 2.36. The Bertz CT molecular complexity index is 576. The maximum absolute atomic E-state index is 10.9. The van der Waals surface area contributed by atoms with E-state index in [0.717, 1.165) is 50.7 Å². The van der Waals surface area contributed by atoms with Gasteiger partial charge in [-0.2, -0.15) is 0 Å². The van der Waals surface area contributed by atoms with Gasteiger partial charge in [-0.15, -0.1) is 0 Å². The van der Waals surface area contributed by atoms with Crippen LogP contribution in [0.2, 0.25) is 0 Å². The lowest BCUT2D eigenvalue weighted by molar-refractivity contribution is -0.174. The van der Waals surface area contributed by atoms with Gasteiger partial charge in [0.25, 0.3) is 0 Å². The molecule has 1 atom stereocenters. The quantitative estimate of drug-likeness (QED) is 0.868. The van der Waals surface area contributed by atoms with E-state index in [0.29, 0.717) is 11.6 Å². The smallest absolute Gasteiger partial charge is 0.335 e. The molecule has 2 aliphatic heterocycles. The van der Waals surface area contributed by atoms with Crippen LogP contribution in [0.25, 0.3) is 0 Å². The van der Waals surface area contributed by atoms with Crippen LogP contribution >= 0.6 is 0 Å². The van der Waals surface area contributed by atoms with Crippen LogP contribution in [0.3, 0.4) is 0 Å². The van der Waals surface area contributed by atoms with Crippen LogP contribution < -0.4 is 5.32 Å². The third kappa shape index (κ3) is 3.42.